The van der Waals surface area contributed by atoms with Crippen molar-refractivity contribution in [2.75, 3.05) is 20.2 Å². The SMILES string of the molecule is COC(=O)c1cccc(O[C@@H]2C[C@@H]3CN(Cc4nc(C)no4)C[C@@H]3C[C@H]2O)c1. The molecule has 2 heterocycles. The van der Waals surface area contributed by atoms with Crippen LogP contribution in [-0.2, 0) is 11.3 Å². The summed E-state index contributed by atoms with van der Waals surface area (Å²) in [4.78, 5) is 18.3. The summed E-state index contributed by atoms with van der Waals surface area (Å²) in [5.41, 5.74) is 0.435. The third-order valence-electron chi connectivity index (χ3n) is 5.63. The molecule has 2 fully saturated rings. The zero-order chi connectivity index (χ0) is 19.7. The molecule has 1 aliphatic carbocycles. The molecule has 0 radical (unpaired) electrons. The standard InChI is InChI=1S/C20H25N3O5/c1-12-21-19(28-22-12)11-23-9-14-7-17(24)18(8-15(14)10-23)27-16-5-3-4-13(6-16)20(25)26-2/h3-6,14-15,17-18,24H,7-11H2,1-2H3/t14-,15+,17+,18+/m0/s1. The van der Waals surface area contributed by atoms with E-state index in [1.165, 1.54) is 7.11 Å². The van der Waals surface area contributed by atoms with Gasteiger partial charge in [-0.05, 0) is 49.8 Å². The van der Waals surface area contributed by atoms with Crippen molar-refractivity contribution in [2.45, 2.75) is 38.5 Å². The van der Waals surface area contributed by atoms with E-state index in [-0.39, 0.29) is 6.10 Å². The Balaban J connectivity index is 1.38. The molecule has 2 aliphatic rings. The summed E-state index contributed by atoms with van der Waals surface area (Å²) in [5.74, 6) is 2.31. The van der Waals surface area contributed by atoms with Crippen LogP contribution in [0.1, 0.15) is 34.9 Å². The summed E-state index contributed by atoms with van der Waals surface area (Å²) >= 11 is 0. The molecular weight excluding hydrogens is 362 g/mol. The Bertz CT molecular complexity index is 839. The molecule has 4 rings (SSSR count). The molecule has 0 bridgehead atoms. The molecule has 1 aromatic heterocycles. The molecule has 8 nitrogen and oxygen atoms in total. The number of carbonyl (C=O) groups excluding carboxylic acids is 1. The van der Waals surface area contributed by atoms with Crippen LogP contribution in [-0.4, -0.2) is 58.5 Å². The Morgan fingerprint density at radius 2 is 2.11 bits per heavy atom. The number of aliphatic hydroxyl groups excluding tert-OH is 1. The highest BCUT2D eigenvalue weighted by atomic mass is 16.5. The second-order valence-electron chi connectivity index (χ2n) is 7.66. The molecule has 2 aromatic rings. The van der Waals surface area contributed by atoms with E-state index in [2.05, 4.69) is 15.0 Å². The van der Waals surface area contributed by atoms with E-state index in [0.717, 1.165) is 19.5 Å². The highest BCUT2D eigenvalue weighted by Gasteiger charge is 2.43. The smallest absolute Gasteiger partial charge is 0.337 e. The molecule has 1 saturated carbocycles. The molecule has 28 heavy (non-hydrogen) atoms. The number of fused-ring (bicyclic) bond motifs is 1. The molecule has 4 atom stereocenters. The van der Waals surface area contributed by atoms with Crippen LogP contribution in [0.25, 0.3) is 0 Å². The van der Waals surface area contributed by atoms with Crippen molar-refractivity contribution in [3.8, 4) is 5.75 Å². The fourth-order valence-electron chi connectivity index (χ4n) is 4.33. The lowest BCUT2D eigenvalue weighted by molar-refractivity contribution is -0.0231. The molecule has 1 aromatic carbocycles. The van der Waals surface area contributed by atoms with E-state index in [0.29, 0.717) is 47.8 Å². The normalized spacial score (nSPS) is 27.4. The van der Waals surface area contributed by atoms with Gasteiger partial charge in [0.1, 0.15) is 11.9 Å². The van der Waals surface area contributed by atoms with Crippen LogP contribution < -0.4 is 4.74 Å². The van der Waals surface area contributed by atoms with E-state index in [9.17, 15) is 9.90 Å². The molecular formula is C20H25N3O5. The Hall–Kier alpha value is -2.45. The Kier molecular flexibility index (Phi) is 5.32. The molecule has 0 unspecified atom stereocenters. The summed E-state index contributed by atoms with van der Waals surface area (Å²) in [7, 11) is 1.35. The number of hydrogen-bond donors (Lipinski definition) is 1. The summed E-state index contributed by atoms with van der Waals surface area (Å²) in [6, 6.07) is 6.89. The third kappa shape index (κ3) is 4.02. The number of rotatable bonds is 5. The van der Waals surface area contributed by atoms with Crippen LogP contribution in [0, 0.1) is 18.8 Å². The lowest BCUT2D eigenvalue weighted by Crippen LogP contribution is -2.42. The topological polar surface area (TPSA) is 97.9 Å². The zero-order valence-corrected chi connectivity index (χ0v) is 16.1. The van der Waals surface area contributed by atoms with E-state index in [1.54, 1.807) is 24.3 Å². The number of carbonyl (C=O) groups is 1. The lowest BCUT2D eigenvalue weighted by Gasteiger charge is -2.35. The number of aryl methyl sites for hydroxylation is 1. The van der Waals surface area contributed by atoms with Gasteiger partial charge >= 0.3 is 5.97 Å². The van der Waals surface area contributed by atoms with Crippen LogP contribution in [0.3, 0.4) is 0 Å². The van der Waals surface area contributed by atoms with Crippen molar-refractivity contribution in [3.63, 3.8) is 0 Å². The number of methoxy groups -OCH3 is 1. The van der Waals surface area contributed by atoms with Gasteiger partial charge in [-0.1, -0.05) is 11.2 Å². The van der Waals surface area contributed by atoms with Crippen LogP contribution in [0.5, 0.6) is 5.75 Å². The largest absolute Gasteiger partial charge is 0.488 e. The molecule has 0 amide bonds. The summed E-state index contributed by atoms with van der Waals surface area (Å²) < 4.78 is 16.0. The van der Waals surface area contributed by atoms with Gasteiger partial charge in [-0.2, -0.15) is 4.98 Å². The van der Waals surface area contributed by atoms with Gasteiger partial charge in [0, 0.05) is 13.1 Å². The minimum absolute atomic E-state index is 0.292. The number of esters is 1. The minimum Gasteiger partial charge on any atom is -0.488 e. The second-order valence-corrected chi connectivity index (χ2v) is 7.66. The molecule has 1 N–H and O–H groups in total. The summed E-state index contributed by atoms with van der Waals surface area (Å²) in [5, 5.41) is 14.4. The van der Waals surface area contributed by atoms with E-state index in [4.69, 9.17) is 14.0 Å². The number of benzene rings is 1. The lowest BCUT2D eigenvalue weighted by atomic mass is 9.78. The molecule has 0 spiro atoms. The number of hydrogen-bond acceptors (Lipinski definition) is 8. The highest BCUT2D eigenvalue weighted by Crippen LogP contribution is 2.38. The van der Waals surface area contributed by atoms with Gasteiger partial charge in [0.15, 0.2) is 5.82 Å². The van der Waals surface area contributed by atoms with Gasteiger partial charge in [-0.3, -0.25) is 4.90 Å². The number of aliphatic hydroxyl groups is 1. The second kappa shape index (κ2) is 7.89. The van der Waals surface area contributed by atoms with Crippen molar-refractivity contribution >= 4 is 5.97 Å². The molecule has 1 aliphatic heterocycles. The van der Waals surface area contributed by atoms with Crippen molar-refractivity contribution in [3.05, 3.63) is 41.5 Å². The maximum absolute atomic E-state index is 11.7. The average Bonchev–Trinajstić information content (AvgIpc) is 3.26. The van der Waals surface area contributed by atoms with Crippen molar-refractivity contribution in [1.29, 1.82) is 0 Å². The fourth-order valence-corrected chi connectivity index (χ4v) is 4.33. The first-order valence-corrected chi connectivity index (χ1v) is 9.56. The molecule has 8 heteroatoms. The van der Waals surface area contributed by atoms with Crippen molar-refractivity contribution in [2.24, 2.45) is 11.8 Å². The highest BCUT2D eigenvalue weighted by molar-refractivity contribution is 5.89. The number of aromatic nitrogens is 2. The first-order valence-electron chi connectivity index (χ1n) is 9.56. The first-order chi connectivity index (χ1) is 13.5. The van der Waals surface area contributed by atoms with E-state index < -0.39 is 12.1 Å². The minimum atomic E-state index is -0.534. The van der Waals surface area contributed by atoms with Crippen LogP contribution in [0.2, 0.25) is 0 Å². The van der Waals surface area contributed by atoms with Crippen LogP contribution >= 0.6 is 0 Å². The van der Waals surface area contributed by atoms with Crippen LogP contribution in [0.4, 0.5) is 0 Å². The first kappa shape index (κ1) is 18.9. The van der Waals surface area contributed by atoms with Gasteiger partial charge in [-0.15, -0.1) is 0 Å². The Morgan fingerprint density at radius 1 is 1.32 bits per heavy atom. The van der Waals surface area contributed by atoms with E-state index >= 15 is 0 Å². The number of likely N-dealkylation sites (tertiary alicyclic amines) is 1. The quantitative estimate of drug-likeness (QED) is 0.776. The zero-order valence-electron chi connectivity index (χ0n) is 16.1. The molecule has 150 valence electrons. The Labute approximate surface area is 163 Å². The fraction of sp³-hybridized carbons (Fsp3) is 0.550. The summed E-state index contributed by atoms with van der Waals surface area (Å²) in [6.07, 6.45) is 0.646. The van der Waals surface area contributed by atoms with Gasteiger partial charge in [0.25, 0.3) is 0 Å². The van der Waals surface area contributed by atoms with Crippen molar-refractivity contribution < 1.29 is 23.9 Å². The third-order valence-corrected chi connectivity index (χ3v) is 5.63. The average molecular weight is 387 g/mol. The van der Waals surface area contributed by atoms with Gasteiger partial charge < -0.3 is 19.1 Å². The van der Waals surface area contributed by atoms with Crippen molar-refractivity contribution in [1.82, 2.24) is 15.0 Å². The predicted molar refractivity (Wildman–Crippen MR) is 98.7 cm³/mol. The maximum Gasteiger partial charge on any atom is 0.337 e. The van der Waals surface area contributed by atoms with Gasteiger partial charge in [0.2, 0.25) is 5.89 Å². The van der Waals surface area contributed by atoms with E-state index in [1.807, 2.05) is 6.92 Å². The number of ether oxygens (including phenoxy) is 2. The Morgan fingerprint density at radius 3 is 2.82 bits per heavy atom. The number of nitrogens with zero attached hydrogens (tertiary/aromatic N) is 3. The van der Waals surface area contributed by atoms with Gasteiger partial charge in [-0.25, -0.2) is 4.79 Å². The van der Waals surface area contributed by atoms with Gasteiger partial charge in [0.05, 0.1) is 25.3 Å². The molecule has 1 saturated heterocycles. The predicted octanol–water partition coefficient (Wildman–Crippen LogP) is 1.81. The summed E-state index contributed by atoms with van der Waals surface area (Å²) in [6.45, 7) is 4.27. The monoisotopic (exact) mass is 387 g/mol. The van der Waals surface area contributed by atoms with Crippen LogP contribution in [0.15, 0.2) is 28.8 Å². The maximum atomic E-state index is 11.7.